The molecule has 1 aliphatic heterocycles. The van der Waals surface area contributed by atoms with Gasteiger partial charge in [-0.3, -0.25) is 4.90 Å². The summed E-state index contributed by atoms with van der Waals surface area (Å²) in [6.07, 6.45) is 4.38. The molecule has 1 aromatic carbocycles. The zero-order chi connectivity index (χ0) is 23.8. The van der Waals surface area contributed by atoms with Crippen molar-refractivity contribution in [3.63, 3.8) is 0 Å². The van der Waals surface area contributed by atoms with Crippen LogP contribution in [0.2, 0.25) is 0 Å². The van der Waals surface area contributed by atoms with Gasteiger partial charge >= 0.3 is 5.97 Å². The molecule has 3 heterocycles. The molecule has 1 aliphatic rings. The molecule has 0 atom stereocenters. The average Bonchev–Trinajstić information content (AvgIpc) is 3.34. The first-order chi connectivity index (χ1) is 16.6. The predicted octanol–water partition coefficient (Wildman–Crippen LogP) is 4.04. The van der Waals surface area contributed by atoms with Gasteiger partial charge in [0.1, 0.15) is 11.6 Å². The van der Waals surface area contributed by atoms with E-state index in [1.807, 2.05) is 24.3 Å². The third kappa shape index (κ3) is 6.69. The van der Waals surface area contributed by atoms with E-state index < -0.39 is 5.97 Å². The van der Waals surface area contributed by atoms with Crippen molar-refractivity contribution < 1.29 is 19.1 Å². The number of furan rings is 1. The van der Waals surface area contributed by atoms with Crippen LogP contribution in [0.3, 0.4) is 0 Å². The van der Waals surface area contributed by atoms with Gasteiger partial charge in [0.2, 0.25) is 5.76 Å². The number of anilines is 1. The molecule has 1 saturated heterocycles. The van der Waals surface area contributed by atoms with Crippen molar-refractivity contribution in [1.82, 2.24) is 14.9 Å². The van der Waals surface area contributed by atoms with Gasteiger partial charge in [-0.25, -0.2) is 14.8 Å². The topological polar surface area (TPSA) is 91.9 Å². The highest BCUT2D eigenvalue weighted by atomic mass is 32.2. The smallest absolute Gasteiger partial charge is 0.371 e. The molecular weight excluding hydrogens is 452 g/mol. The maximum absolute atomic E-state index is 11.0. The lowest BCUT2D eigenvalue weighted by Gasteiger charge is -2.35. The van der Waals surface area contributed by atoms with Gasteiger partial charge in [0.05, 0.1) is 18.1 Å². The van der Waals surface area contributed by atoms with Gasteiger partial charge in [-0.15, -0.1) is 0 Å². The number of hydrogen-bond donors (Lipinski definition) is 1. The third-order valence-electron chi connectivity index (χ3n) is 5.42. The van der Waals surface area contributed by atoms with Crippen LogP contribution >= 0.6 is 11.8 Å². The van der Waals surface area contributed by atoms with Crippen molar-refractivity contribution in [2.24, 2.45) is 0 Å². The van der Waals surface area contributed by atoms with Crippen molar-refractivity contribution in [2.45, 2.75) is 17.5 Å². The van der Waals surface area contributed by atoms with Gasteiger partial charge in [0.25, 0.3) is 0 Å². The Morgan fingerprint density at radius 3 is 2.65 bits per heavy atom. The Morgan fingerprint density at radius 2 is 1.94 bits per heavy atom. The van der Waals surface area contributed by atoms with Crippen LogP contribution in [0.1, 0.15) is 27.6 Å². The van der Waals surface area contributed by atoms with E-state index in [0.29, 0.717) is 23.3 Å². The summed E-state index contributed by atoms with van der Waals surface area (Å²) in [5.41, 5.74) is 2.03. The molecule has 0 aliphatic carbocycles. The van der Waals surface area contributed by atoms with Crippen LogP contribution in [0.4, 0.5) is 5.82 Å². The van der Waals surface area contributed by atoms with E-state index in [0.717, 1.165) is 44.2 Å². The molecule has 8 nitrogen and oxygen atoms in total. The lowest BCUT2D eigenvalue weighted by atomic mass is 10.2. The second-order valence-electron chi connectivity index (χ2n) is 7.89. The number of thioether (sulfide) groups is 1. The van der Waals surface area contributed by atoms with Crippen LogP contribution in [0.15, 0.2) is 64.2 Å². The number of methoxy groups -OCH3 is 1. The molecule has 2 aromatic heterocycles. The second kappa shape index (κ2) is 11.8. The lowest BCUT2D eigenvalue weighted by molar-refractivity contribution is 0.0661. The number of carboxylic acid groups (broad SMARTS) is 1. The minimum Gasteiger partial charge on any atom is -0.475 e. The van der Waals surface area contributed by atoms with Crippen molar-refractivity contribution in [3.8, 4) is 0 Å². The van der Waals surface area contributed by atoms with Crippen LogP contribution < -0.4 is 4.90 Å². The van der Waals surface area contributed by atoms with E-state index in [1.54, 1.807) is 13.2 Å². The number of hydrogen-bond acceptors (Lipinski definition) is 8. The van der Waals surface area contributed by atoms with Crippen molar-refractivity contribution >= 4 is 29.6 Å². The normalized spacial score (nSPS) is 14.7. The van der Waals surface area contributed by atoms with Gasteiger partial charge in [0, 0.05) is 45.9 Å². The highest BCUT2D eigenvalue weighted by molar-refractivity contribution is 7.98. The number of piperazine rings is 1. The Bertz CT molecular complexity index is 1110. The summed E-state index contributed by atoms with van der Waals surface area (Å²) in [6, 6.07) is 15.4. The number of nitrogens with zero attached hydrogens (tertiary/aromatic N) is 4. The molecule has 0 saturated carbocycles. The molecule has 1 N–H and O–H groups in total. The lowest BCUT2D eigenvalue weighted by Crippen LogP contribution is -2.46. The Kier molecular flexibility index (Phi) is 8.35. The van der Waals surface area contributed by atoms with Gasteiger partial charge in [-0.2, -0.15) is 0 Å². The van der Waals surface area contributed by atoms with E-state index in [1.165, 1.54) is 23.4 Å². The van der Waals surface area contributed by atoms with Crippen LogP contribution in [-0.4, -0.2) is 65.8 Å². The molecule has 4 rings (SSSR count). The zero-order valence-corrected chi connectivity index (χ0v) is 19.9. The number of rotatable bonds is 10. The minimum absolute atomic E-state index is 0.0678. The maximum Gasteiger partial charge on any atom is 0.371 e. The van der Waals surface area contributed by atoms with E-state index in [4.69, 9.17) is 19.2 Å². The molecule has 0 spiro atoms. The van der Waals surface area contributed by atoms with Crippen LogP contribution in [0, 0.1) is 0 Å². The fraction of sp³-hybridized carbons (Fsp3) is 0.320. The molecule has 178 valence electrons. The molecule has 1 fully saturated rings. The number of carbonyl (C=O) groups is 1. The Balaban J connectivity index is 1.35. The van der Waals surface area contributed by atoms with E-state index >= 15 is 0 Å². The largest absolute Gasteiger partial charge is 0.475 e. The Labute approximate surface area is 203 Å². The third-order valence-corrected chi connectivity index (χ3v) is 6.29. The molecular formula is C25H28N4O4S. The summed E-state index contributed by atoms with van der Waals surface area (Å²) in [5.74, 6) is 0.759. The van der Waals surface area contributed by atoms with E-state index in [2.05, 4.69) is 39.1 Å². The van der Waals surface area contributed by atoms with Gasteiger partial charge < -0.3 is 19.2 Å². The van der Waals surface area contributed by atoms with Gasteiger partial charge in [-0.1, -0.05) is 54.2 Å². The predicted molar refractivity (Wildman–Crippen MR) is 132 cm³/mol. The summed E-state index contributed by atoms with van der Waals surface area (Å²) in [7, 11) is 1.65. The molecule has 0 bridgehead atoms. The Hall–Kier alpha value is -3.14. The first-order valence-corrected chi connectivity index (χ1v) is 12.1. The number of carboxylic acids is 1. The fourth-order valence-corrected chi connectivity index (χ4v) is 4.44. The summed E-state index contributed by atoms with van der Waals surface area (Å²) < 4.78 is 10.6. The van der Waals surface area contributed by atoms with E-state index in [9.17, 15) is 4.79 Å². The monoisotopic (exact) mass is 480 g/mol. The van der Waals surface area contributed by atoms with Gasteiger partial charge in [-0.05, 0) is 17.7 Å². The molecule has 9 heteroatoms. The van der Waals surface area contributed by atoms with Crippen molar-refractivity contribution in [2.75, 3.05) is 44.7 Å². The minimum atomic E-state index is -1.08. The second-order valence-corrected chi connectivity index (χ2v) is 8.84. The molecule has 0 amide bonds. The zero-order valence-electron chi connectivity index (χ0n) is 19.1. The number of benzene rings is 1. The van der Waals surface area contributed by atoms with Crippen LogP contribution in [0.5, 0.6) is 0 Å². The van der Waals surface area contributed by atoms with Crippen LogP contribution in [0.25, 0.3) is 6.08 Å². The SMILES string of the molecule is COCc1cc(N2CCN(C/C=C/c3ccccc3)CC2)nc(SCc2ccc(C(=O)O)o2)n1. The maximum atomic E-state index is 11.0. The van der Waals surface area contributed by atoms with Crippen LogP contribution in [-0.2, 0) is 17.1 Å². The fourth-order valence-electron chi connectivity index (χ4n) is 3.68. The van der Waals surface area contributed by atoms with Crippen molar-refractivity contribution in [1.29, 1.82) is 0 Å². The quantitative estimate of drug-likeness (QED) is 0.341. The number of ether oxygens (including phenoxy) is 1. The molecule has 0 radical (unpaired) electrons. The summed E-state index contributed by atoms with van der Waals surface area (Å²) in [4.78, 5) is 25.1. The number of aromatic carboxylic acids is 1. The summed E-state index contributed by atoms with van der Waals surface area (Å²) >= 11 is 1.42. The Morgan fingerprint density at radius 1 is 1.15 bits per heavy atom. The summed E-state index contributed by atoms with van der Waals surface area (Å²) in [5, 5.41) is 9.64. The highest BCUT2D eigenvalue weighted by Gasteiger charge is 2.19. The highest BCUT2D eigenvalue weighted by Crippen LogP contribution is 2.25. The van der Waals surface area contributed by atoms with Gasteiger partial charge in [0.15, 0.2) is 5.16 Å². The molecule has 3 aromatic rings. The first kappa shape index (κ1) is 24.0. The average molecular weight is 481 g/mol. The molecule has 34 heavy (non-hydrogen) atoms. The standard InChI is InChI=1S/C25H28N4O4S/c1-32-17-20-16-23(27-25(26-20)34-18-21-9-10-22(33-21)24(30)31)29-14-12-28(13-15-29)11-5-8-19-6-3-2-4-7-19/h2-10,16H,11-15,17-18H2,1H3,(H,30,31)/b8-5+. The number of aromatic nitrogens is 2. The first-order valence-electron chi connectivity index (χ1n) is 11.1. The molecule has 0 unspecified atom stereocenters. The van der Waals surface area contributed by atoms with Crippen molar-refractivity contribution in [3.05, 3.63) is 77.4 Å². The summed E-state index contributed by atoms with van der Waals surface area (Å²) in [6.45, 7) is 4.99. The van der Waals surface area contributed by atoms with E-state index in [-0.39, 0.29) is 5.76 Å².